The van der Waals surface area contributed by atoms with Crippen molar-refractivity contribution in [2.24, 2.45) is 12.9 Å². The summed E-state index contributed by atoms with van der Waals surface area (Å²) in [4.78, 5) is 4.15. The fourth-order valence-corrected chi connectivity index (χ4v) is 1.43. The molecule has 2 unspecified atom stereocenters. The minimum Gasteiger partial charge on any atom is -0.382 e. The van der Waals surface area contributed by atoms with Crippen LogP contribution >= 0.6 is 0 Å². The molecule has 2 atom stereocenters. The molecule has 0 aromatic carbocycles. The average Bonchev–Trinajstić information content (AvgIpc) is 2.63. The van der Waals surface area contributed by atoms with E-state index in [0.717, 1.165) is 18.7 Å². The number of nitrogens with two attached hydrogens (primary N) is 1. The molecule has 0 aliphatic rings. The van der Waals surface area contributed by atoms with E-state index in [4.69, 9.17) is 10.6 Å². The van der Waals surface area contributed by atoms with Gasteiger partial charge in [0.15, 0.2) is 0 Å². The number of hydrogen-bond donors (Lipinski definition) is 2. The number of ether oxygens (including phenoxy) is 1. The van der Waals surface area contributed by atoms with Crippen molar-refractivity contribution in [2.75, 3.05) is 7.11 Å². The molecule has 1 rings (SSSR count). The summed E-state index contributed by atoms with van der Waals surface area (Å²) < 4.78 is 6.95. The smallest absolute Gasteiger partial charge is 0.138 e. The average molecular weight is 213 g/mol. The van der Waals surface area contributed by atoms with Crippen LogP contribution in [0, 0.1) is 0 Å². The zero-order valence-corrected chi connectivity index (χ0v) is 9.47. The van der Waals surface area contributed by atoms with Crippen LogP contribution in [0.5, 0.6) is 0 Å². The van der Waals surface area contributed by atoms with Gasteiger partial charge in [-0.05, 0) is 13.3 Å². The first-order chi connectivity index (χ1) is 7.17. The molecule has 0 aliphatic heterocycles. The van der Waals surface area contributed by atoms with Crippen molar-refractivity contribution in [3.05, 3.63) is 12.2 Å². The van der Waals surface area contributed by atoms with Gasteiger partial charge in [0.25, 0.3) is 0 Å². The van der Waals surface area contributed by atoms with Gasteiger partial charge in [-0.1, -0.05) is 0 Å². The third kappa shape index (κ3) is 3.58. The highest BCUT2D eigenvalue weighted by Crippen LogP contribution is 2.05. The van der Waals surface area contributed by atoms with Gasteiger partial charge in [-0.3, -0.25) is 16.0 Å². The lowest BCUT2D eigenvalue weighted by atomic mass is 10.1. The summed E-state index contributed by atoms with van der Waals surface area (Å²) in [5.41, 5.74) is 2.77. The number of aryl methyl sites for hydroxylation is 1. The summed E-state index contributed by atoms with van der Waals surface area (Å²) in [7, 11) is 3.57. The van der Waals surface area contributed by atoms with Gasteiger partial charge in [0, 0.05) is 26.6 Å². The Labute approximate surface area is 89.8 Å². The molecule has 0 bridgehead atoms. The Hall–Kier alpha value is -0.980. The second-order valence-corrected chi connectivity index (χ2v) is 3.65. The van der Waals surface area contributed by atoms with Crippen LogP contribution in [0.4, 0.5) is 0 Å². The minimum absolute atomic E-state index is 0.155. The van der Waals surface area contributed by atoms with Crippen LogP contribution in [0.15, 0.2) is 6.33 Å². The van der Waals surface area contributed by atoms with E-state index in [1.807, 2.05) is 14.0 Å². The van der Waals surface area contributed by atoms with Crippen molar-refractivity contribution in [2.45, 2.75) is 31.9 Å². The molecule has 0 aliphatic carbocycles. The van der Waals surface area contributed by atoms with Gasteiger partial charge >= 0.3 is 0 Å². The molecule has 6 nitrogen and oxygen atoms in total. The Morgan fingerprint density at radius 3 is 2.87 bits per heavy atom. The van der Waals surface area contributed by atoms with E-state index in [-0.39, 0.29) is 12.1 Å². The molecule has 0 fully saturated rings. The van der Waals surface area contributed by atoms with Crippen LogP contribution in [-0.4, -0.2) is 34.0 Å². The van der Waals surface area contributed by atoms with Crippen molar-refractivity contribution in [1.82, 2.24) is 20.2 Å². The minimum atomic E-state index is 0.155. The summed E-state index contributed by atoms with van der Waals surface area (Å²) in [5, 5.41) is 4.01. The molecule has 1 heterocycles. The van der Waals surface area contributed by atoms with Gasteiger partial charge in [-0.2, -0.15) is 5.10 Å². The molecule has 0 saturated heterocycles. The monoisotopic (exact) mass is 213 g/mol. The highest BCUT2D eigenvalue weighted by molar-refractivity contribution is 4.88. The van der Waals surface area contributed by atoms with E-state index in [1.54, 1.807) is 18.1 Å². The van der Waals surface area contributed by atoms with Gasteiger partial charge in [0.05, 0.1) is 6.10 Å². The van der Waals surface area contributed by atoms with E-state index in [0.29, 0.717) is 0 Å². The summed E-state index contributed by atoms with van der Waals surface area (Å²) >= 11 is 0. The van der Waals surface area contributed by atoms with Gasteiger partial charge in [-0.15, -0.1) is 0 Å². The quantitative estimate of drug-likeness (QED) is 0.497. The SMILES string of the molecule is COC(C)CC(Cc1ncnn1C)NN. The van der Waals surface area contributed by atoms with Crippen LogP contribution in [0.2, 0.25) is 0 Å². The number of rotatable bonds is 6. The number of nitrogens with zero attached hydrogens (tertiary/aromatic N) is 3. The fourth-order valence-electron chi connectivity index (χ4n) is 1.43. The van der Waals surface area contributed by atoms with Crippen LogP contribution < -0.4 is 11.3 Å². The van der Waals surface area contributed by atoms with Gasteiger partial charge < -0.3 is 4.74 Å². The van der Waals surface area contributed by atoms with Crippen LogP contribution in [0.1, 0.15) is 19.2 Å². The zero-order valence-electron chi connectivity index (χ0n) is 9.47. The Balaban J connectivity index is 2.50. The van der Waals surface area contributed by atoms with Gasteiger partial charge in [-0.25, -0.2) is 4.98 Å². The predicted molar refractivity (Wildman–Crippen MR) is 56.9 cm³/mol. The molecule has 1 aromatic heterocycles. The maximum absolute atomic E-state index is 5.48. The van der Waals surface area contributed by atoms with Crippen LogP contribution in [-0.2, 0) is 18.2 Å². The Morgan fingerprint density at radius 1 is 1.67 bits per heavy atom. The first kappa shape index (κ1) is 12.1. The van der Waals surface area contributed by atoms with Gasteiger partial charge in [0.2, 0.25) is 0 Å². The Kier molecular flexibility index (Phi) is 4.67. The third-order valence-corrected chi connectivity index (χ3v) is 2.49. The lowest BCUT2D eigenvalue weighted by Crippen LogP contribution is -2.39. The van der Waals surface area contributed by atoms with E-state index < -0.39 is 0 Å². The Bertz CT molecular complexity index is 288. The molecule has 0 amide bonds. The molecule has 0 radical (unpaired) electrons. The highest BCUT2D eigenvalue weighted by Gasteiger charge is 2.14. The number of methoxy groups -OCH3 is 1. The van der Waals surface area contributed by atoms with Crippen LogP contribution in [0.25, 0.3) is 0 Å². The molecule has 0 saturated carbocycles. The van der Waals surface area contributed by atoms with E-state index in [2.05, 4.69) is 15.5 Å². The second-order valence-electron chi connectivity index (χ2n) is 3.65. The lowest BCUT2D eigenvalue weighted by molar-refractivity contribution is 0.100. The largest absolute Gasteiger partial charge is 0.382 e. The normalized spacial score (nSPS) is 15.2. The number of hydrazine groups is 1. The van der Waals surface area contributed by atoms with E-state index in [1.165, 1.54) is 0 Å². The molecule has 0 spiro atoms. The van der Waals surface area contributed by atoms with Crippen LogP contribution in [0.3, 0.4) is 0 Å². The van der Waals surface area contributed by atoms with Crippen molar-refractivity contribution in [3.63, 3.8) is 0 Å². The molecule has 15 heavy (non-hydrogen) atoms. The predicted octanol–water partition coefficient (Wildman–Crippen LogP) is -0.385. The summed E-state index contributed by atoms with van der Waals surface area (Å²) in [6.45, 7) is 2.01. The zero-order chi connectivity index (χ0) is 11.3. The summed E-state index contributed by atoms with van der Waals surface area (Å²) in [6.07, 6.45) is 3.32. The molecule has 3 N–H and O–H groups in total. The number of hydrogen-bond acceptors (Lipinski definition) is 5. The Morgan fingerprint density at radius 2 is 2.40 bits per heavy atom. The number of aromatic nitrogens is 3. The van der Waals surface area contributed by atoms with E-state index in [9.17, 15) is 0 Å². The maximum Gasteiger partial charge on any atom is 0.138 e. The highest BCUT2D eigenvalue weighted by atomic mass is 16.5. The first-order valence-electron chi connectivity index (χ1n) is 4.99. The molecule has 1 aromatic rings. The maximum atomic E-state index is 5.48. The molecular formula is C9H19N5O. The first-order valence-corrected chi connectivity index (χ1v) is 4.99. The summed E-state index contributed by atoms with van der Waals surface area (Å²) in [5.74, 6) is 6.40. The van der Waals surface area contributed by atoms with Gasteiger partial charge in [0.1, 0.15) is 12.2 Å². The molecule has 6 heteroatoms. The van der Waals surface area contributed by atoms with Crippen molar-refractivity contribution >= 4 is 0 Å². The lowest BCUT2D eigenvalue weighted by Gasteiger charge is -2.18. The summed E-state index contributed by atoms with van der Waals surface area (Å²) in [6, 6.07) is 0.155. The van der Waals surface area contributed by atoms with Crippen molar-refractivity contribution in [1.29, 1.82) is 0 Å². The molecular weight excluding hydrogens is 194 g/mol. The van der Waals surface area contributed by atoms with Crippen molar-refractivity contribution < 1.29 is 4.74 Å². The van der Waals surface area contributed by atoms with E-state index >= 15 is 0 Å². The standard InChI is InChI=1S/C9H19N5O/c1-7(15-3)4-8(13-10)5-9-11-6-12-14(9)2/h6-8,13H,4-5,10H2,1-3H3. The second kappa shape index (κ2) is 5.79. The topological polar surface area (TPSA) is 78.0 Å². The molecule has 86 valence electrons. The van der Waals surface area contributed by atoms with Crippen molar-refractivity contribution in [3.8, 4) is 0 Å². The fraction of sp³-hybridized carbons (Fsp3) is 0.778. The number of nitrogens with one attached hydrogen (secondary N) is 1. The third-order valence-electron chi connectivity index (χ3n) is 2.49.